The van der Waals surface area contributed by atoms with Gasteiger partial charge in [0, 0.05) is 43.3 Å². The number of piperidine rings is 3. The molecule has 6 rings (SSSR count). The molecular formula is C44H66N6O2. The molecule has 3 aromatic heterocycles. The SMILES string of the molecule is CC(C)c1cc(CN2CCC(COc3ccc(CN4CCC(COc5c(CN6CCCCC6)ccnc5C(C)C)CC4)nc3C(C)C)CC2)ccn1. The van der Waals surface area contributed by atoms with Crippen molar-refractivity contribution in [1.29, 1.82) is 0 Å². The molecule has 0 amide bonds. The van der Waals surface area contributed by atoms with E-state index in [2.05, 4.69) is 91.6 Å². The second kappa shape index (κ2) is 18.8. The van der Waals surface area contributed by atoms with Crippen LogP contribution in [0.4, 0.5) is 0 Å². The van der Waals surface area contributed by atoms with Crippen LogP contribution in [-0.4, -0.2) is 82.1 Å². The van der Waals surface area contributed by atoms with Gasteiger partial charge in [0.1, 0.15) is 11.5 Å². The molecule has 8 heteroatoms. The number of hydrogen-bond donors (Lipinski definition) is 0. The van der Waals surface area contributed by atoms with Gasteiger partial charge in [0.05, 0.1) is 30.3 Å². The second-order valence-corrected chi connectivity index (χ2v) is 16.8. The third kappa shape index (κ3) is 10.8. The van der Waals surface area contributed by atoms with Gasteiger partial charge in [-0.25, -0.2) is 0 Å². The predicted octanol–water partition coefficient (Wildman–Crippen LogP) is 8.81. The standard InChI is InChI=1S/C44H66N6O2/c1-32(2)40-26-37(12-18-45-40)27-49-22-14-35(15-23-49)30-51-41-11-10-39(47-42(41)33(3)4)29-50-24-16-36(17-25-50)31-52-44-38(13-19-46-43(44)34(5)6)28-48-20-8-7-9-21-48/h10-13,18-19,26,32-36H,7-9,14-17,20-25,27-31H2,1-6H3. The Morgan fingerprint density at radius 2 is 1.23 bits per heavy atom. The van der Waals surface area contributed by atoms with E-state index in [1.807, 2.05) is 12.4 Å². The van der Waals surface area contributed by atoms with Crippen LogP contribution in [0.25, 0.3) is 0 Å². The van der Waals surface area contributed by atoms with Crippen molar-refractivity contribution < 1.29 is 9.47 Å². The van der Waals surface area contributed by atoms with Gasteiger partial charge in [-0.05, 0) is 143 Å². The van der Waals surface area contributed by atoms with Crippen LogP contribution in [0.1, 0.15) is 138 Å². The normalized spacial score (nSPS) is 18.9. The molecule has 0 N–H and O–H groups in total. The zero-order chi connectivity index (χ0) is 36.5. The van der Waals surface area contributed by atoms with Gasteiger partial charge in [-0.15, -0.1) is 0 Å². The summed E-state index contributed by atoms with van der Waals surface area (Å²) in [6.07, 6.45) is 12.6. The zero-order valence-electron chi connectivity index (χ0n) is 33.2. The highest BCUT2D eigenvalue weighted by atomic mass is 16.5. The van der Waals surface area contributed by atoms with Gasteiger partial charge in [0.15, 0.2) is 0 Å². The minimum Gasteiger partial charge on any atom is -0.491 e. The van der Waals surface area contributed by atoms with Crippen LogP contribution in [0.2, 0.25) is 0 Å². The molecule has 0 radical (unpaired) electrons. The fourth-order valence-electron chi connectivity index (χ4n) is 8.12. The lowest BCUT2D eigenvalue weighted by Gasteiger charge is -2.33. The van der Waals surface area contributed by atoms with Crippen LogP contribution in [0, 0.1) is 11.8 Å². The summed E-state index contributed by atoms with van der Waals surface area (Å²) in [4.78, 5) is 22.2. The van der Waals surface area contributed by atoms with Gasteiger partial charge in [-0.3, -0.25) is 29.7 Å². The van der Waals surface area contributed by atoms with E-state index in [9.17, 15) is 0 Å². The molecule has 0 aliphatic carbocycles. The predicted molar refractivity (Wildman–Crippen MR) is 211 cm³/mol. The van der Waals surface area contributed by atoms with Gasteiger partial charge in [-0.2, -0.15) is 0 Å². The van der Waals surface area contributed by atoms with E-state index < -0.39 is 0 Å². The number of pyridine rings is 3. The quantitative estimate of drug-likeness (QED) is 0.155. The number of likely N-dealkylation sites (tertiary alicyclic amines) is 3. The lowest BCUT2D eigenvalue weighted by Crippen LogP contribution is -2.35. The maximum Gasteiger partial charge on any atom is 0.145 e. The molecule has 0 unspecified atom stereocenters. The van der Waals surface area contributed by atoms with Crippen molar-refractivity contribution in [3.63, 3.8) is 0 Å². The first kappa shape index (κ1) is 38.6. The molecule has 0 atom stereocenters. The average molecular weight is 711 g/mol. The fourth-order valence-corrected chi connectivity index (χ4v) is 8.12. The highest BCUT2D eigenvalue weighted by molar-refractivity contribution is 5.39. The summed E-state index contributed by atoms with van der Waals surface area (Å²) in [6, 6.07) is 11.0. The Hall–Kier alpha value is -3.07. The van der Waals surface area contributed by atoms with E-state index >= 15 is 0 Å². The van der Waals surface area contributed by atoms with Crippen molar-refractivity contribution in [2.75, 3.05) is 52.5 Å². The summed E-state index contributed by atoms with van der Waals surface area (Å²) in [5, 5.41) is 0. The Morgan fingerprint density at radius 1 is 0.615 bits per heavy atom. The van der Waals surface area contributed by atoms with Crippen molar-refractivity contribution >= 4 is 0 Å². The minimum absolute atomic E-state index is 0.318. The maximum absolute atomic E-state index is 6.69. The topological polar surface area (TPSA) is 66.8 Å². The Bertz CT molecular complexity index is 1540. The minimum atomic E-state index is 0.318. The Morgan fingerprint density at radius 3 is 1.88 bits per heavy atom. The van der Waals surface area contributed by atoms with Gasteiger partial charge < -0.3 is 9.47 Å². The first-order valence-corrected chi connectivity index (χ1v) is 20.6. The molecule has 3 saturated heterocycles. The molecule has 3 aromatic rings. The summed E-state index contributed by atoms with van der Waals surface area (Å²) in [6.45, 7) is 24.5. The van der Waals surface area contributed by atoms with Crippen molar-refractivity contribution in [2.24, 2.45) is 11.8 Å². The highest BCUT2D eigenvalue weighted by Crippen LogP contribution is 2.32. The molecular weight excluding hydrogens is 645 g/mol. The molecule has 0 saturated carbocycles. The summed E-state index contributed by atoms with van der Waals surface area (Å²) in [5.41, 5.74) is 7.21. The molecule has 284 valence electrons. The van der Waals surface area contributed by atoms with E-state index in [0.29, 0.717) is 29.6 Å². The van der Waals surface area contributed by atoms with Crippen molar-refractivity contribution in [3.05, 3.63) is 76.6 Å². The Kier molecular flexibility index (Phi) is 14.0. The third-order valence-electron chi connectivity index (χ3n) is 11.5. The number of aromatic nitrogens is 3. The van der Waals surface area contributed by atoms with Crippen LogP contribution in [0.3, 0.4) is 0 Å². The van der Waals surface area contributed by atoms with Crippen molar-refractivity contribution in [2.45, 2.75) is 124 Å². The van der Waals surface area contributed by atoms with Crippen molar-refractivity contribution in [3.8, 4) is 11.5 Å². The van der Waals surface area contributed by atoms with Crippen LogP contribution in [-0.2, 0) is 19.6 Å². The maximum atomic E-state index is 6.69. The Labute approximate surface area is 314 Å². The molecule has 0 spiro atoms. The monoisotopic (exact) mass is 711 g/mol. The molecule has 3 aliphatic rings. The smallest absolute Gasteiger partial charge is 0.145 e. The van der Waals surface area contributed by atoms with Crippen LogP contribution >= 0.6 is 0 Å². The van der Waals surface area contributed by atoms with Crippen molar-refractivity contribution in [1.82, 2.24) is 29.7 Å². The molecule has 52 heavy (non-hydrogen) atoms. The van der Waals surface area contributed by atoms with Gasteiger partial charge in [0.2, 0.25) is 0 Å². The van der Waals surface area contributed by atoms with E-state index in [1.165, 1.54) is 62.0 Å². The third-order valence-corrected chi connectivity index (χ3v) is 11.5. The lowest BCUT2D eigenvalue weighted by molar-refractivity contribution is 0.132. The van der Waals surface area contributed by atoms with E-state index in [0.717, 1.165) is 100 Å². The van der Waals surface area contributed by atoms with Crippen LogP contribution in [0.5, 0.6) is 11.5 Å². The number of rotatable bonds is 15. The highest BCUT2D eigenvalue weighted by Gasteiger charge is 2.25. The molecule has 3 aliphatic heterocycles. The molecule has 0 bridgehead atoms. The lowest BCUT2D eigenvalue weighted by atomic mass is 9.97. The summed E-state index contributed by atoms with van der Waals surface area (Å²) in [7, 11) is 0. The Balaban J connectivity index is 0.956. The van der Waals surface area contributed by atoms with E-state index in [1.54, 1.807) is 0 Å². The van der Waals surface area contributed by atoms with E-state index in [4.69, 9.17) is 19.4 Å². The van der Waals surface area contributed by atoms with Crippen LogP contribution in [0.15, 0.2) is 42.7 Å². The molecule has 8 nitrogen and oxygen atoms in total. The van der Waals surface area contributed by atoms with Gasteiger partial charge in [-0.1, -0.05) is 48.0 Å². The number of ether oxygens (including phenoxy) is 2. The number of nitrogens with zero attached hydrogens (tertiary/aromatic N) is 6. The zero-order valence-corrected chi connectivity index (χ0v) is 33.2. The van der Waals surface area contributed by atoms with Gasteiger partial charge in [0.25, 0.3) is 0 Å². The molecule has 6 heterocycles. The first-order valence-electron chi connectivity index (χ1n) is 20.6. The summed E-state index contributed by atoms with van der Waals surface area (Å²) >= 11 is 0. The van der Waals surface area contributed by atoms with E-state index in [-0.39, 0.29) is 0 Å². The second-order valence-electron chi connectivity index (χ2n) is 16.8. The number of hydrogen-bond acceptors (Lipinski definition) is 8. The first-order chi connectivity index (χ1) is 25.2. The molecule has 3 fully saturated rings. The largest absolute Gasteiger partial charge is 0.491 e. The van der Waals surface area contributed by atoms with Gasteiger partial charge >= 0.3 is 0 Å². The van der Waals surface area contributed by atoms with Crippen LogP contribution < -0.4 is 9.47 Å². The molecule has 0 aromatic carbocycles. The fraction of sp³-hybridized carbons (Fsp3) is 0.659. The summed E-state index contributed by atoms with van der Waals surface area (Å²) in [5.74, 6) is 4.29. The average Bonchev–Trinajstić information content (AvgIpc) is 3.15. The summed E-state index contributed by atoms with van der Waals surface area (Å²) < 4.78 is 13.2.